The Bertz CT molecular complexity index is 1610. The highest BCUT2D eigenvalue weighted by Gasteiger charge is 2.39. The number of hydrogen-bond acceptors (Lipinski definition) is 11. The molecular weight excluding hydrogens is 608 g/mol. The van der Waals surface area contributed by atoms with Gasteiger partial charge < -0.3 is 30.7 Å². The maximum absolute atomic E-state index is 13.3. The van der Waals surface area contributed by atoms with Crippen LogP contribution in [-0.2, 0) is 19.1 Å². The third-order valence-electron chi connectivity index (χ3n) is 10.4. The number of fused-ring (bicyclic) bond motifs is 2. The highest BCUT2D eigenvalue weighted by Crippen LogP contribution is 2.33. The Hall–Kier alpha value is -4.14. The monoisotopic (exact) mass is 650 g/mol. The Balaban J connectivity index is 1.14. The summed E-state index contributed by atoms with van der Waals surface area (Å²) in [6.45, 7) is 3.42. The van der Waals surface area contributed by atoms with Crippen LogP contribution >= 0.6 is 0 Å². The molecule has 47 heavy (non-hydrogen) atoms. The molecule has 4 heterocycles. The first-order chi connectivity index (χ1) is 22.5. The number of nitrogens with one attached hydrogen (secondary N) is 3. The number of carboxylic acids is 1. The van der Waals surface area contributed by atoms with Crippen LogP contribution in [0.3, 0.4) is 0 Å². The van der Waals surface area contributed by atoms with Crippen LogP contribution in [0.15, 0.2) is 27.1 Å². The number of amidine groups is 1. The van der Waals surface area contributed by atoms with Gasteiger partial charge in [0.25, 0.3) is 5.56 Å². The molecule has 2 aliphatic carbocycles. The molecule has 0 radical (unpaired) electrons. The number of Topliss-reactive ketones (excluding diaryl/α,β-unsaturated/α-hetero) is 2. The van der Waals surface area contributed by atoms with Gasteiger partial charge in [0.2, 0.25) is 5.91 Å². The highest BCUT2D eigenvalue weighted by molar-refractivity contribution is 6.28. The smallest absolute Gasteiger partial charge is 0.306 e. The van der Waals surface area contributed by atoms with Gasteiger partial charge in [-0.15, -0.1) is 0 Å². The Kier molecular flexibility index (Phi) is 9.44. The van der Waals surface area contributed by atoms with E-state index in [2.05, 4.69) is 20.8 Å². The molecule has 0 saturated heterocycles. The fourth-order valence-corrected chi connectivity index (χ4v) is 7.71. The summed E-state index contributed by atoms with van der Waals surface area (Å²) >= 11 is 0. The number of H-pyrrole nitrogens is 1. The van der Waals surface area contributed by atoms with E-state index in [1.165, 1.54) is 0 Å². The number of carbonyl (C=O) groups excluding carboxylic acids is 3. The van der Waals surface area contributed by atoms with Crippen LogP contribution in [0.1, 0.15) is 86.2 Å². The van der Waals surface area contributed by atoms with Gasteiger partial charge in [0.1, 0.15) is 12.6 Å². The number of hydrazone groups is 1. The van der Waals surface area contributed by atoms with Crippen LogP contribution in [-0.4, -0.2) is 92.6 Å². The van der Waals surface area contributed by atoms with Gasteiger partial charge in [-0.2, -0.15) is 5.10 Å². The van der Waals surface area contributed by atoms with Crippen molar-refractivity contribution in [3.05, 3.63) is 44.3 Å². The van der Waals surface area contributed by atoms with Crippen LogP contribution in [0.2, 0.25) is 0 Å². The van der Waals surface area contributed by atoms with Crippen molar-refractivity contribution < 1.29 is 34.1 Å². The summed E-state index contributed by atoms with van der Waals surface area (Å²) in [5.74, 6) is -1.75. The summed E-state index contributed by atoms with van der Waals surface area (Å²) in [6.07, 6.45) is 9.01. The second-order valence-corrected chi connectivity index (χ2v) is 13.2. The van der Waals surface area contributed by atoms with Gasteiger partial charge in [-0.05, 0) is 82.8 Å². The minimum Gasteiger partial charge on any atom is -0.481 e. The largest absolute Gasteiger partial charge is 0.481 e. The van der Waals surface area contributed by atoms with E-state index in [1.54, 1.807) is 31.0 Å². The molecule has 252 valence electrons. The van der Waals surface area contributed by atoms with Crippen LogP contribution in [0, 0.1) is 18.8 Å². The van der Waals surface area contributed by atoms with Crippen molar-refractivity contribution in [2.45, 2.75) is 89.8 Å². The number of nitrogens with zero attached hydrogens (tertiary/aromatic N) is 3. The van der Waals surface area contributed by atoms with Crippen molar-refractivity contribution in [1.82, 2.24) is 20.3 Å². The molecule has 0 bridgehead atoms. The van der Waals surface area contributed by atoms with Gasteiger partial charge in [0.15, 0.2) is 17.4 Å². The van der Waals surface area contributed by atoms with Crippen LogP contribution < -0.4 is 16.3 Å². The number of aliphatic carboxylic acids is 1. The van der Waals surface area contributed by atoms with Crippen LogP contribution in [0.5, 0.6) is 0 Å². The molecule has 5 N–H and O–H groups in total. The lowest BCUT2D eigenvalue weighted by atomic mass is 9.84. The molecule has 1 aromatic heterocycles. The minimum absolute atomic E-state index is 0.00638. The van der Waals surface area contributed by atoms with Crippen molar-refractivity contribution in [3.63, 3.8) is 0 Å². The Morgan fingerprint density at radius 1 is 0.979 bits per heavy atom. The van der Waals surface area contributed by atoms with E-state index in [4.69, 9.17) is 9.84 Å². The number of rotatable bonds is 8. The molecule has 6 rings (SSSR count). The van der Waals surface area contributed by atoms with E-state index in [0.29, 0.717) is 59.3 Å². The maximum atomic E-state index is 13.3. The molecule has 14 nitrogen and oxygen atoms in total. The predicted molar refractivity (Wildman–Crippen MR) is 171 cm³/mol. The first-order valence-electron chi connectivity index (χ1n) is 16.4. The quantitative estimate of drug-likeness (QED) is 0.259. The standard InChI is InChI=1S/C33H42N6O8/c1-17-23(31(43)34-29-27(17)25(41)14-38(36-29)20-8-6-19(7-9-20)33(45)46)4-3-5-24-18(2)28-26(42)15-39(37-30(28)35-32(24)44)21-10-12-22(13-11-21)47-16-40/h3,5,19-23,40H,4,6-16H2,1-2H3,(H,45,46)(H,34,36,43)(H2,35,37,44). The number of aliphatic hydroxyl groups is 1. The normalized spacial score (nSPS) is 28.5. The van der Waals surface area contributed by atoms with Gasteiger partial charge in [-0.25, -0.2) is 5.01 Å². The summed E-state index contributed by atoms with van der Waals surface area (Å²) in [4.78, 5) is 67.1. The summed E-state index contributed by atoms with van der Waals surface area (Å²) in [5, 5.41) is 29.3. The molecule has 2 saturated carbocycles. The highest BCUT2D eigenvalue weighted by atomic mass is 16.6. The molecule has 1 amide bonds. The number of hydrogen-bond donors (Lipinski definition) is 5. The number of aliphatic hydroxyl groups excluding tert-OH is 1. The van der Waals surface area contributed by atoms with Crippen molar-refractivity contribution in [2.24, 2.45) is 16.9 Å². The number of allylic oxidation sites excluding steroid dienone is 1. The summed E-state index contributed by atoms with van der Waals surface area (Å²) in [5.41, 5.74) is 5.21. The van der Waals surface area contributed by atoms with E-state index >= 15 is 0 Å². The number of carboxylic acid groups (broad SMARTS) is 1. The molecular formula is C33H42N6O8. The lowest BCUT2D eigenvalue weighted by molar-refractivity contribution is -0.143. The Morgan fingerprint density at radius 2 is 1.68 bits per heavy atom. The molecule has 5 aliphatic rings. The van der Waals surface area contributed by atoms with E-state index in [9.17, 15) is 29.1 Å². The van der Waals surface area contributed by atoms with Crippen molar-refractivity contribution in [3.8, 4) is 0 Å². The lowest BCUT2D eigenvalue weighted by Crippen LogP contribution is -2.51. The third-order valence-corrected chi connectivity index (χ3v) is 10.4. The summed E-state index contributed by atoms with van der Waals surface area (Å²) < 4.78 is 5.32. The van der Waals surface area contributed by atoms with Crippen LogP contribution in [0.4, 0.5) is 5.82 Å². The zero-order valence-electron chi connectivity index (χ0n) is 26.7. The summed E-state index contributed by atoms with van der Waals surface area (Å²) in [6, 6.07) is 0.0358. The predicted octanol–water partition coefficient (Wildman–Crippen LogP) is 2.09. The van der Waals surface area contributed by atoms with Gasteiger partial charge in [-0.3, -0.25) is 29.0 Å². The summed E-state index contributed by atoms with van der Waals surface area (Å²) in [7, 11) is 0. The number of aromatic nitrogens is 1. The number of anilines is 1. The Morgan fingerprint density at radius 3 is 2.36 bits per heavy atom. The number of carbonyl (C=O) groups is 4. The average molecular weight is 651 g/mol. The Labute approximate surface area is 271 Å². The maximum Gasteiger partial charge on any atom is 0.306 e. The zero-order valence-corrected chi connectivity index (χ0v) is 26.7. The average Bonchev–Trinajstić information content (AvgIpc) is 3.03. The number of hydrazine groups is 1. The third kappa shape index (κ3) is 6.54. The molecule has 1 atom stereocenters. The van der Waals surface area contributed by atoms with Gasteiger partial charge in [-0.1, -0.05) is 12.2 Å². The molecule has 1 aromatic rings. The van der Waals surface area contributed by atoms with Crippen molar-refractivity contribution >= 4 is 41.2 Å². The SMILES string of the molecule is CC1=C2C(=O)CN(C3CCC(C(=O)O)CC3)N=C2NC(=O)C1CC=Cc1c(C)c2c([nH]c1=O)NN(C1CCC(OCO)CC1)CC2=O. The van der Waals surface area contributed by atoms with Gasteiger partial charge >= 0.3 is 5.97 Å². The second kappa shape index (κ2) is 13.5. The fourth-order valence-electron chi connectivity index (χ4n) is 7.71. The number of ketones is 2. The molecule has 2 fully saturated rings. The first-order valence-corrected chi connectivity index (χ1v) is 16.4. The zero-order chi connectivity index (χ0) is 33.4. The van der Waals surface area contributed by atoms with Crippen LogP contribution in [0.25, 0.3) is 6.08 Å². The molecule has 1 unspecified atom stereocenters. The van der Waals surface area contributed by atoms with E-state index in [0.717, 1.165) is 25.7 Å². The van der Waals surface area contributed by atoms with E-state index in [-0.39, 0.29) is 79.3 Å². The number of ether oxygens (including phenoxy) is 1. The topological polar surface area (TPSA) is 194 Å². The number of aromatic amines is 1. The minimum atomic E-state index is -0.797. The molecule has 0 aromatic carbocycles. The fraction of sp³-hybridized carbons (Fsp3) is 0.576. The molecule has 0 spiro atoms. The van der Waals surface area contributed by atoms with Crippen molar-refractivity contribution in [1.29, 1.82) is 0 Å². The number of pyridine rings is 1. The van der Waals surface area contributed by atoms with Gasteiger partial charge in [0.05, 0.1) is 42.2 Å². The van der Waals surface area contributed by atoms with Crippen molar-refractivity contribution in [2.75, 3.05) is 25.3 Å². The molecule has 14 heteroatoms. The first kappa shape index (κ1) is 32.8. The van der Waals surface area contributed by atoms with Gasteiger partial charge in [0, 0.05) is 17.6 Å². The molecule has 3 aliphatic heterocycles. The van der Waals surface area contributed by atoms with E-state index < -0.39 is 11.9 Å². The number of amides is 1. The lowest BCUT2D eigenvalue weighted by Gasteiger charge is -2.39. The second-order valence-electron chi connectivity index (χ2n) is 13.2. The van der Waals surface area contributed by atoms with E-state index in [1.807, 2.05) is 5.01 Å².